The first-order valence-corrected chi connectivity index (χ1v) is 5.67. The molecule has 0 radical (unpaired) electrons. The highest BCUT2D eigenvalue weighted by atomic mass is 19.4. The maximum absolute atomic E-state index is 12.9. The van der Waals surface area contributed by atoms with Crippen molar-refractivity contribution in [1.82, 2.24) is 20.2 Å². The van der Waals surface area contributed by atoms with E-state index in [0.717, 1.165) is 6.07 Å². The Hall–Kier alpha value is -1.96. The molecule has 1 heterocycles. The summed E-state index contributed by atoms with van der Waals surface area (Å²) in [6, 6.07) is 5.22. The molecule has 0 unspecified atom stereocenters. The van der Waals surface area contributed by atoms with Crippen molar-refractivity contribution in [1.29, 1.82) is 0 Å². The van der Waals surface area contributed by atoms with Gasteiger partial charge in [0.15, 0.2) is 5.82 Å². The van der Waals surface area contributed by atoms with E-state index in [1.54, 1.807) is 0 Å². The molecule has 0 atom stereocenters. The number of benzene rings is 1. The van der Waals surface area contributed by atoms with Gasteiger partial charge in [0.05, 0.1) is 5.56 Å². The van der Waals surface area contributed by atoms with Crippen LogP contribution in [0.1, 0.15) is 12.0 Å². The van der Waals surface area contributed by atoms with Crippen LogP contribution in [0.2, 0.25) is 0 Å². The highest BCUT2D eigenvalue weighted by molar-refractivity contribution is 5.60. The third-order valence-corrected chi connectivity index (χ3v) is 2.58. The van der Waals surface area contributed by atoms with Crippen molar-refractivity contribution < 1.29 is 13.2 Å². The van der Waals surface area contributed by atoms with E-state index in [4.69, 9.17) is 5.73 Å². The largest absolute Gasteiger partial charge is 0.417 e. The van der Waals surface area contributed by atoms with E-state index in [9.17, 15) is 13.2 Å². The molecular weight excluding hydrogens is 259 g/mol. The molecule has 0 aliphatic carbocycles. The van der Waals surface area contributed by atoms with Crippen molar-refractivity contribution in [3.05, 3.63) is 29.8 Å². The summed E-state index contributed by atoms with van der Waals surface area (Å²) in [5.74, 6) is 0.0985. The molecule has 1 aromatic heterocycles. The van der Waals surface area contributed by atoms with Gasteiger partial charge in [-0.15, -0.1) is 5.10 Å². The van der Waals surface area contributed by atoms with Crippen molar-refractivity contribution in [3.8, 4) is 11.4 Å². The highest BCUT2D eigenvalue weighted by Crippen LogP contribution is 2.35. The number of nitrogens with zero attached hydrogens (tertiary/aromatic N) is 4. The Bertz CT molecular complexity index is 549. The quantitative estimate of drug-likeness (QED) is 0.919. The van der Waals surface area contributed by atoms with Gasteiger partial charge in [0.2, 0.25) is 0 Å². The van der Waals surface area contributed by atoms with Crippen LogP contribution in [-0.2, 0) is 12.7 Å². The van der Waals surface area contributed by atoms with Crippen molar-refractivity contribution in [2.75, 3.05) is 6.54 Å². The molecule has 0 amide bonds. The smallest absolute Gasteiger partial charge is 0.330 e. The Labute approximate surface area is 107 Å². The van der Waals surface area contributed by atoms with Crippen molar-refractivity contribution in [2.24, 2.45) is 5.73 Å². The maximum Gasteiger partial charge on any atom is 0.417 e. The summed E-state index contributed by atoms with van der Waals surface area (Å²) in [5.41, 5.74) is 4.59. The zero-order valence-corrected chi connectivity index (χ0v) is 9.93. The van der Waals surface area contributed by atoms with Gasteiger partial charge in [-0.25, -0.2) is 4.68 Å². The minimum Gasteiger partial charge on any atom is -0.330 e. The number of tetrazole rings is 1. The zero-order valence-electron chi connectivity index (χ0n) is 9.93. The molecule has 2 N–H and O–H groups in total. The van der Waals surface area contributed by atoms with Crippen LogP contribution >= 0.6 is 0 Å². The number of hydrogen-bond donors (Lipinski definition) is 1. The average Bonchev–Trinajstić information content (AvgIpc) is 2.83. The van der Waals surface area contributed by atoms with E-state index in [2.05, 4.69) is 15.5 Å². The SMILES string of the molecule is NCCCn1nnnc1-c1ccccc1C(F)(F)F. The molecule has 8 heteroatoms. The summed E-state index contributed by atoms with van der Waals surface area (Å²) in [5, 5.41) is 10.8. The highest BCUT2D eigenvalue weighted by Gasteiger charge is 2.34. The third-order valence-electron chi connectivity index (χ3n) is 2.58. The van der Waals surface area contributed by atoms with Crippen LogP contribution in [0.5, 0.6) is 0 Å². The lowest BCUT2D eigenvalue weighted by molar-refractivity contribution is -0.137. The summed E-state index contributed by atoms with van der Waals surface area (Å²) in [4.78, 5) is 0. The lowest BCUT2D eigenvalue weighted by Gasteiger charge is -2.12. The molecule has 0 aliphatic heterocycles. The maximum atomic E-state index is 12.9. The van der Waals surface area contributed by atoms with Gasteiger partial charge in [-0.3, -0.25) is 0 Å². The summed E-state index contributed by atoms with van der Waals surface area (Å²) >= 11 is 0. The Morgan fingerprint density at radius 1 is 1.21 bits per heavy atom. The third kappa shape index (κ3) is 2.90. The van der Waals surface area contributed by atoms with Crippen molar-refractivity contribution >= 4 is 0 Å². The predicted molar refractivity (Wildman–Crippen MR) is 61.9 cm³/mol. The lowest BCUT2D eigenvalue weighted by Crippen LogP contribution is -2.11. The number of aryl methyl sites for hydroxylation is 1. The molecule has 2 rings (SSSR count). The molecule has 102 valence electrons. The van der Waals surface area contributed by atoms with Gasteiger partial charge in [0.25, 0.3) is 0 Å². The molecule has 19 heavy (non-hydrogen) atoms. The van der Waals surface area contributed by atoms with Gasteiger partial charge in [-0.1, -0.05) is 18.2 Å². The Morgan fingerprint density at radius 2 is 1.95 bits per heavy atom. The summed E-state index contributed by atoms with van der Waals surface area (Å²) in [7, 11) is 0. The monoisotopic (exact) mass is 271 g/mol. The predicted octanol–water partition coefficient (Wildman–Crippen LogP) is 1.71. The molecule has 0 fully saturated rings. The first kappa shape index (κ1) is 13.5. The molecule has 0 bridgehead atoms. The topological polar surface area (TPSA) is 69.6 Å². The normalized spacial score (nSPS) is 11.8. The van der Waals surface area contributed by atoms with Crippen LogP contribution in [0.25, 0.3) is 11.4 Å². The van der Waals surface area contributed by atoms with E-state index in [-0.39, 0.29) is 11.4 Å². The molecule has 1 aromatic carbocycles. The second-order valence-corrected chi connectivity index (χ2v) is 3.91. The first-order chi connectivity index (χ1) is 9.04. The molecule has 5 nitrogen and oxygen atoms in total. The Morgan fingerprint density at radius 3 is 2.63 bits per heavy atom. The van der Waals surface area contributed by atoms with Gasteiger partial charge in [0.1, 0.15) is 0 Å². The summed E-state index contributed by atoms with van der Waals surface area (Å²) in [6.45, 7) is 0.797. The van der Waals surface area contributed by atoms with E-state index in [1.165, 1.54) is 22.9 Å². The zero-order chi connectivity index (χ0) is 13.9. The van der Waals surface area contributed by atoms with E-state index in [0.29, 0.717) is 19.5 Å². The van der Waals surface area contributed by atoms with E-state index < -0.39 is 11.7 Å². The first-order valence-electron chi connectivity index (χ1n) is 5.67. The number of hydrogen-bond acceptors (Lipinski definition) is 4. The minimum absolute atomic E-state index is 0.0305. The van der Waals surface area contributed by atoms with Crippen LogP contribution in [0.4, 0.5) is 13.2 Å². The van der Waals surface area contributed by atoms with Gasteiger partial charge < -0.3 is 5.73 Å². The second kappa shape index (κ2) is 5.35. The number of aromatic nitrogens is 4. The average molecular weight is 271 g/mol. The standard InChI is InChI=1S/C11H12F3N5/c12-11(13,14)9-5-2-1-4-8(9)10-16-17-18-19(10)7-3-6-15/h1-2,4-5H,3,6-7,15H2. The molecule has 2 aromatic rings. The summed E-state index contributed by atoms with van der Waals surface area (Å²) in [6.07, 6.45) is -3.85. The number of halogens is 3. The number of nitrogens with two attached hydrogens (primary N) is 1. The fourth-order valence-electron chi connectivity index (χ4n) is 1.71. The summed E-state index contributed by atoms with van der Waals surface area (Å²) < 4.78 is 40.1. The van der Waals surface area contributed by atoms with Gasteiger partial charge in [-0.05, 0) is 29.5 Å². The lowest BCUT2D eigenvalue weighted by atomic mass is 10.1. The van der Waals surface area contributed by atoms with E-state index in [1.807, 2.05) is 0 Å². The van der Waals surface area contributed by atoms with Crippen LogP contribution < -0.4 is 5.73 Å². The molecule has 0 saturated carbocycles. The fraction of sp³-hybridized carbons (Fsp3) is 0.364. The van der Waals surface area contributed by atoms with Gasteiger partial charge in [-0.2, -0.15) is 13.2 Å². The minimum atomic E-state index is -4.44. The molecule has 0 aliphatic rings. The fourth-order valence-corrected chi connectivity index (χ4v) is 1.71. The van der Waals surface area contributed by atoms with Crippen LogP contribution in [0.15, 0.2) is 24.3 Å². The van der Waals surface area contributed by atoms with Crippen LogP contribution in [-0.4, -0.2) is 26.8 Å². The molecular formula is C11H12F3N5. The van der Waals surface area contributed by atoms with E-state index >= 15 is 0 Å². The van der Waals surface area contributed by atoms with Crippen molar-refractivity contribution in [2.45, 2.75) is 19.1 Å². The van der Waals surface area contributed by atoms with Crippen molar-refractivity contribution in [3.63, 3.8) is 0 Å². The van der Waals surface area contributed by atoms with Crippen LogP contribution in [0.3, 0.4) is 0 Å². The number of rotatable bonds is 4. The number of alkyl halides is 3. The molecule has 0 saturated heterocycles. The second-order valence-electron chi connectivity index (χ2n) is 3.91. The Balaban J connectivity index is 2.45. The molecule has 0 spiro atoms. The van der Waals surface area contributed by atoms with Gasteiger partial charge in [0, 0.05) is 12.1 Å². The Kier molecular flexibility index (Phi) is 3.79. The van der Waals surface area contributed by atoms with Crippen LogP contribution in [0, 0.1) is 0 Å². The van der Waals surface area contributed by atoms with Gasteiger partial charge >= 0.3 is 6.18 Å².